The molecule has 0 saturated carbocycles. The molecule has 0 amide bonds. The second kappa shape index (κ2) is 21.9. The van der Waals surface area contributed by atoms with E-state index < -0.39 is 5.97 Å². The number of aliphatic carboxylic acids is 1. The average molecular weight is 392 g/mol. The molecule has 0 atom stereocenters. The highest BCUT2D eigenvalue weighted by Gasteiger charge is 1.98. The lowest BCUT2D eigenvalue weighted by molar-refractivity contribution is -0.697. The molecule has 0 bridgehead atoms. The van der Waals surface area contributed by atoms with Crippen LogP contribution in [0.3, 0.4) is 0 Å². The van der Waals surface area contributed by atoms with Crippen molar-refractivity contribution in [1.29, 1.82) is 0 Å². The summed E-state index contributed by atoms with van der Waals surface area (Å²) in [6.45, 7) is 5.27. The molecule has 0 aromatic carbocycles. The van der Waals surface area contributed by atoms with Gasteiger partial charge in [-0.05, 0) is 12.8 Å². The van der Waals surface area contributed by atoms with Gasteiger partial charge in [-0.25, -0.2) is 4.57 Å². The quantitative estimate of drug-likeness (QED) is 0.242. The van der Waals surface area contributed by atoms with Gasteiger partial charge in [-0.15, -0.1) is 0 Å². The van der Waals surface area contributed by atoms with E-state index in [9.17, 15) is 9.90 Å². The van der Waals surface area contributed by atoms with E-state index in [0.29, 0.717) is 6.42 Å². The molecule has 0 saturated heterocycles. The molecule has 0 radical (unpaired) electrons. The lowest BCUT2D eigenvalue weighted by Gasteiger charge is -2.02. The third kappa shape index (κ3) is 20.9. The minimum absolute atomic E-state index is 0.181. The third-order valence-electron chi connectivity index (χ3n) is 5.00. The zero-order valence-corrected chi connectivity index (χ0v) is 18.7. The van der Waals surface area contributed by atoms with E-state index in [2.05, 4.69) is 42.1 Å². The Kier molecular flexibility index (Phi) is 20.8. The van der Waals surface area contributed by atoms with E-state index in [0.717, 1.165) is 0 Å². The first-order chi connectivity index (χ1) is 13.7. The number of hydrogen-bond donors (Lipinski definition) is 0. The van der Waals surface area contributed by atoms with Gasteiger partial charge in [0.15, 0.2) is 12.4 Å². The fourth-order valence-corrected chi connectivity index (χ4v) is 3.28. The number of carboxylic acid groups (broad SMARTS) is 1. The first kappa shape index (κ1) is 26.6. The third-order valence-corrected chi connectivity index (χ3v) is 5.00. The molecule has 1 heterocycles. The number of pyridine rings is 1. The summed E-state index contributed by atoms with van der Waals surface area (Å²) in [7, 11) is 0. The molecule has 0 aliphatic carbocycles. The topological polar surface area (TPSA) is 44.0 Å². The summed E-state index contributed by atoms with van der Waals surface area (Å²) in [6, 6.07) is 6.31. The molecular weight excluding hydrogens is 346 g/mol. The van der Waals surface area contributed by atoms with Crippen LogP contribution in [0, 0.1) is 0 Å². The summed E-state index contributed by atoms with van der Waals surface area (Å²) in [6.07, 6.45) is 25.3. The Labute approximate surface area is 174 Å². The number of carbonyl (C=O) groups excluding carboxylic acids is 1. The van der Waals surface area contributed by atoms with Crippen LogP contribution in [0.15, 0.2) is 30.6 Å². The van der Waals surface area contributed by atoms with Gasteiger partial charge in [-0.1, -0.05) is 103 Å². The van der Waals surface area contributed by atoms with Crippen molar-refractivity contribution < 1.29 is 14.5 Å². The number of nitrogens with zero attached hydrogens (tertiary/aromatic N) is 1. The zero-order chi connectivity index (χ0) is 20.7. The van der Waals surface area contributed by atoms with Crippen LogP contribution in [0.1, 0.15) is 117 Å². The van der Waals surface area contributed by atoms with Crippen molar-refractivity contribution in [2.24, 2.45) is 0 Å². The number of carbonyl (C=O) groups is 1. The Morgan fingerprint density at radius 2 is 1.07 bits per heavy atom. The van der Waals surface area contributed by atoms with Gasteiger partial charge in [0.1, 0.15) is 6.54 Å². The van der Waals surface area contributed by atoms with Crippen LogP contribution in [0.5, 0.6) is 0 Å². The van der Waals surface area contributed by atoms with Gasteiger partial charge in [-0.3, -0.25) is 0 Å². The molecule has 3 nitrogen and oxygen atoms in total. The highest BCUT2D eigenvalue weighted by atomic mass is 16.4. The maximum atomic E-state index is 9.49. The van der Waals surface area contributed by atoms with Crippen molar-refractivity contribution in [3.05, 3.63) is 30.6 Å². The second-order valence-electron chi connectivity index (χ2n) is 7.83. The van der Waals surface area contributed by atoms with Crippen molar-refractivity contribution in [3.8, 4) is 0 Å². The van der Waals surface area contributed by atoms with Crippen LogP contribution >= 0.6 is 0 Å². The molecule has 0 N–H and O–H groups in total. The van der Waals surface area contributed by atoms with Crippen LogP contribution in [-0.4, -0.2) is 5.97 Å². The van der Waals surface area contributed by atoms with Crippen LogP contribution in [0.25, 0.3) is 0 Å². The molecule has 28 heavy (non-hydrogen) atoms. The Morgan fingerprint density at radius 3 is 1.43 bits per heavy atom. The first-order valence-corrected chi connectivity index (χ1v) is 11.8. The van der Waals surface area contributed by atoms with Crippen molar-refractivity contribution >= 4 is 5.97 Å². The fourth-order valence-electron chi connectivity index (χ4n) is 3.28. The highest BCUT2D eigenvalue weighted by molar-refractivity contribution is 5.63. The van der Waals surface area contributed by atoms with Gasteiger partial charge in [0.05, 0.1) is 0 Å². The predicted molar refractivity (Wildman–Crippen MR) is 117 cm³/mol. The SMILES string of the molecule is CCCC(=O)[O-].CCCCCCCCCCCCCCCC[n+]1ccccc1. The lowest BCUT2D eigenvalue weighted by Crippen LogP contribution is -2.32. The van der Waals surface area contributed by atoms with Gasteiger partial charge in [-0.2, -0.15) is 0 Å². The van der Waals surface area contributed by atoms with Crippen molar-refractivity contribution in [1.82, 2.24) is 0 Å². The maximum Gasteiger partial charge on any atom is 0.168 e. The number of aromatic nitrogens is 1. The van der Waals surface area contributed by atoms with Crippen molar-refractivity contribution in [2.45, 2.75) is 123 Å². The predicted octanol–water partition coefficient (Wildman–Crippen LogP) is 5.99. The van der Waals surface area contributed by atoms with E-state index in [-0.39, 0.29) is 6.42 Å². The molecule has 0 aliphatic heterocycles. The minimum atomic E-state index is -0.961. The second-order valence-corrected chi connectivity index (χ2v) is 7.83. The Hall–Kier alpha value is -1.38. The largest absolute Gasteiger partial charge is 0.550 e. The molecule has 162 valence electrons. The highest BCUT2D eigenvalue weighted by Crippen LogP contribution is 2.12. The molecule has 0 unspecified atom stereocenters. The summed E-state index contributed by atoms with van der Waals surface area (Å²) in [4.78, 5) is 9.49. The Morgan fingerprint density at radius 1 is 0.643 bits per heavy atom. The van der Waals surface area contributed by atoms with Gasteiger partial charge in [0.25, 0.3) is 0 Å². The molecule has 0 spiro atoms. The maximum absolute atomic E-state index is 9.49. The van der Waals surface area contributed by atoms with Gasteiger partial charge in [0.2, 0.25) is 0 Å². The van der Waals surface area contributed by atoms with Crippen LogP contribution < -0.4 is 9.67 Å². The molecule has 0 fully saturated rings. The normalized spacial score (nSPS) is 10.4. The van der Waals surface area contributed by atoms with E-state index in [1.165, 1.54) is 96.4 Å². The molecule has 1 aromatic heterocycles. The number of unbranched alkanes of at least 4 members (excludes halogenated alkanes) is 13. The van der Waals surface area contributed by atoms with Gasteiger partial charge in [0, 0.05) is 24.5 Å². The van der Waals surface area contributed by atoms with E-state index >= 15 is 0 Å². The standard InChI is InChI=1S/C21H38N.C4H8O2/c1-2-3-4-5-6-7-8-9-10-11-12-13-14-16-19-22-20-17-15-18-21-22;1-2-3-4(5)6/h15,17-18,20-21H,2-14,16,19H2,1H3;2-3H2,1H3,(H,5,6)/q+1;/p-1. The zero-order valence-electron chi connectivity index (χ0n) is 18.7. The smallest absolute Gasteiger partial charge is 0.168 e. The Balaban J connectivity index is 0.00000105. The van der Waals surface area contributed by atoms with Gasteiger partial charge < -0.3 is 9.90 Å². The summed E-state index contributed by atoms with van der Waals surface area (Å²) >= 11 is 0. The summed E-state index contributed by atoms with van der Waals surface area (Å²) in [5.41, 5.74) is 0. The summed E-state index contributed by atoms with van der Waals surface area (Å²) in [5, 5.41) is 9.49. The number of hydrogen-bond acceptors (Lipinski definition) is 2. The van der Waals surface area contributed by atoms with Crippen LogP contribution in [-0.2, 0) is 11.3 Å². The molecular formula is C25H45NO2. The minimum Gasteiger partial charge on any atom is -0.550 e. The number of aryl methyl sites for hydroxylation is 1. The van der Waals surface area contributed by atoms with Crippen molar-refractivity contribution in [2.75, 3.05) is 0 Å². The molecule has 1 rings (SSSR count). The van der Waals surface area contributed by atoms with Crippen molar-refractivity contribution in [3.63, 3.8) is 0 Å². The fraction of sp³-hybridized carbons (Fsp3) is 0.760. The summed E-state index contributed by atoms with van der Waals surface area (Å²) in [5.74, 6) is -0.961. The number of carboxylic acids is 1. The van der Waals surface area contributed by atoms with Crippen LogP contribution in [0.4, 0.5) is 0 Å². The first-order valence-electron chi connectivity index (χ1n) is 11.8. The summed E-state index contributed by atoms with van der Waals surface area (Å²) < 4.78 is 2.29. The monoisotopic (exact) mass is 391 g/mol. The lowest BCUT2D eigenvalue weighted by atomic mass is 10.0. The molecule has 0 aliphatic rings. The van der Waals surface area contributed by atoms with Crippen LogP contribution in [0.2, 0.25) is 0 Å². The molecule has 1 aromatic rings. The van der Waals surface area contributed by atoms with E-state index in [4.69, 9.17) is 0 Å². The van der Waals surface area contributed by atoms with E-state index in [1.54, 1.807) is 6.92 Å². The van der Waals surface area contributed by atoms with Gasteiger partial charge >= 0.3 is 0 Å². The average Bonchev–Trinajstić information content (AvgIpc) is 2.69. The molecule has 3 heteroatoms. The number of rotatable bonds is 17. The Bertz CT molecular complexity index is 433. The van der Waals surface area contributed by atoms with E-state index in [1.807, 2.05) is 0 Å².